The Labute approximate surface area is 293 Å². The molecule has 0 saturated heterocycles. The van der Waals surface area contributed by atoms with E-state index in [0.717, 1.165) is 32.3 Å². The first kappa shape index (κ1) is 18.1. The van der Waals surface area contributed by atoms with Gasteiger partial charge in [0, 0.05) is 21.8 Å². The van der Waals surface area contributed by atoms with Crippen LogP contribution in [0.5, 0.6) is 0 Å². The molecule has 9 aromatic carbocycles. The van der Waals surface area contributed by atoms with E-state index in [4.69, 9.17) is 12.6 Å². The van der Waals surface area contributed by atoms with Crippen molar-refractivity contribution in [2.24, 2.45) is 0 Å². The Hall–Kier alpha value is -6.38. The van der Waals surface area contributed by atoms with Crippen LogP contribution >= 0.6 is 0 Å². The van der Waals surface area contributed by atoms with Crippen LogP contribution in [0.3, 0.4) is 0 Å². The van der Waals surface area contributed by atoms with Crippen molar-refractivity contribution >= 4 is 82.1 Å². The zero-order valence-electron chi connectivity index (χ0n) is 36.2. The Morgan fingerprint density at radius 2 is 1.19 bits per heavy atom. The topological polar surface area (TPSA) is 16.4 Å². The molecule has 48 heavy (non-hydrogen) atoms. The summed E-state index contributed by atoms with van der Waals surface area (Å²) < 4.78 is 108. The molecule has 0 N–H and O–H groups in total. The first-order valence-corrected chi connectivity index (χ1v) is 15.5. The van der Waals surface area contributed by atoms with Gasteiger partial charge in [-0.15, -0.1) is 0 Å². The molecule has 224 valence electrons. The number of fused-ring (bicyclic) bond motifs is 9. The van der Waals surface area contributed by atoms with Gasteiger partial charge in [-0.1, -0.05) is 133 Å². The Kier molecular flexibility index (Phi) is 3.99. The molecule has 0 aliphatic carbocycles. The van der Waals surface area contributed by atoms with Gasteiger partial charge in [0.25, 0.3) is 0 Å². The molecule has 1 heterocycles. The Bertz CT molecular complexity index is 3450. The first-order chi connectivity index (χ1) is 28.4. The first-order valence-electron chi connectivity index (χ1n) is 21.0. The maximum absolute atomic E-state index is 9.76. The van der Waals surface area contributed by atoms with Crippen LogP contribution in [0.4, 0.5) is 17.1 Å². The Balaban J connectivity index is 1.38. The van der Waals surface area contributed by atoms with E-state index in [0.29, 0.717) is 27.5 Å². The van der Waals surface area contributed by atoms with Crippen LogP contribution in [-0.4, -0.2) is 0 Å². The third kappa shape index (κ3) is 4.06. The highest BCUT2D eigenvalue weighted by Crippen LogP contribution is 2.46. The van der Waals surface area contributed by atoms with Gasteiger partial charge in [0.2, 0.25) is 0 Å². The van der Waals surface area contributed by atoms with E-state index in [-0.39, 0.29) is 45.5 Å². The van der Waals surface area contributed by atoms with Crippen LogP contribution in [0.25, 0.3) is 76.2 Å². The average molecular weight is 623 g/mol. The van der Waals surface area contributed by atoms with Gasteiger partial charge in [-0.2, -0.15) is 0 Å². The Morgan fingerprint density at radius 1 is 0.458 bits per heavy atom. The van der Waals surface area contributed by atoms with Gasteiger partial charge in [0.05, 0.1) is 31.8 Å². The standard InChI is InChI=1S/C46H29NO/c1-5-16-36-30(11-1)14-9-20-42(36)47(43-21-10-22-44-45(43)40-28-25-31-12-2-6-17-37(31)46(40)48-44)34-26-23-32(24-27-34)41-29-33-13-3-4-15-35(33)38-18-7-8-19-39(38)41/h1-29H/i1D,5D,9D,11D,14D,16D,20D,23D,24D,26D,27D. The van der Waals surface area contributed by atoms with E-state index >= 15 is 0 Å². The summed E-state index contributed by atoms with van der Waals surface area (Å²) in [6.45, 7) is 0. The van der Waals surface area contributed by atoms with E-state index in [9.17, 15) is 6.85 Å². The monoisotopic (exact) mass is 622 g/mol. The molecule has 2 nitrogen and oxygen atoms in total. The number of hydrogen-bond donors (Lipinski definition) is 0. The van der Waals surface area contributed by atoms with E-state index in [1.807, 2.05) is 91.0 Å². The van der Waals surface area contributed by atoms with E-state index in [2.05, 4.69) is 0 Å². The zero-order chi connectivity index (χ0) is 41.2. The summed E-state index contributed by atoms with van der Waals surface area (Å²) in [5.74, 6) is 0. The number of anilines is 3. The second kappa shape index (κ2) is 10.6. The summed E-state index contributed by atoms with van der Waals surface area (Å²) in [6.07, 6.45) is 0. The molecule has 2 heteroatoms. The van der Waals surface area contributed by atoms with Crippen LogP contribution in [0.15, 0.2) is 180 Å². The van der Waals surface area contributed by atoms with Crippen molar-refractivity contribution in [3.8, 4) is 11.1 Å². The third-order valence-corrected chi connectivity index (χ3v) is 9.00. The summed E-state index contributed by atoms with van der Waals surface area (Å²) >= 11 is 0. The minimum absolute atomic E-state index is 0.0460. The molecule has 0 radical (unpaired) electrons. The van der Waals surface area contributed by atoms with Gasteiger partial charge in [0.1, 0.15) is 11.2 Å². The molecule has 0 amide bonds. The van der Waals surface area contributed by atoms with Crippen LogP contribution in [0.1, 0.15) is 15.1 Å². The minimum atomic E-state index is -0.646. The van der Waals surface area contributed by atoms with Crippen molar-refractivity contribution < 1.29 is 19.5 Å². The van der Waals surface area contributed by atoms with Gasteiger partial charge in [0.15, 0.2) is 0 Å². The zero-order valence-corrected chi connectivity index (χ0v) is 25.2. The van der Waals surface area contributed by atoms with Gasteiger partial charge < -0.3 is 9.32 Å². The highest BCUT2D eigenvalue weighted by Gasteiger charge is 2.22. The predicted molar refractivity (Wildman–Crippen MR) is 204 cm³/mol. The fourth-order valence-corrected chi connectivity index (χ4v) is 6.85. The van der Waals surface area contributed by atoms with Gasteiger partial charge in [-0.05, 0) is 85.8 Å². The lowest BCUT2D eigenvalue weighted by Gasteiger charge is -2.28. The molecule has 0 saturated carbocycles. The number of rotatable bonds is 4. The number of benzene rings is 9. The van der Waals surface area contributed by atoms with Crippen LogP contribution < -0.4 is 4.90 Å². The fraction of sp³-hybridized carbons (Fsp3) is 0. The molecule has 10 rings (SSSR count). The highest BCUT2D eigenvalue weighted by molar-refractivity contribution is 6.20. The van der Waals surface area contributed by atoms with Gasteiger partial charge >= 0.3 is 0 Å². The summed E-state index contributed by atoms with van der Waals surface area (Å²) in [7, 11) is 0. The molecule has 0 unspecified atom stereocenters. The average Bonchev–Trinajstić information content (AvgIpc) is 3.65. The molecule has 1 aromatic heterocycles. The molecule has 0 aliphatic heterocycles. The lowest BCUT2D eigenvalue weighted by molar-refractivity contribution is 0.672. The maximum atomic E-state index is 9.76. The third-order valence-electron chi connectivity index (χ3n) is 9.00. The van der Waals surface area contributed by atoms with Crippen LogP contribution in [0.2, 0.25) is 0 Å². The summed E-state index contributed by atoms with van der Waals surface area (Å²) in [5, 5.41) is 5.59. The summed E-state index contributed by atoms with van der Waals surface area (Å²) in [4.78, 5) is 1.29. The van der Waals surface area contributed by atoms with Crippen molar-refractivity contribution in [2.45, 2.75) is 0 Å². The van der Waals surface area contributed by atoms with E-state index in [1.54, 1.807) is 18.2 Å². The molecule has 10 aromatic rings. The molecule has 0 atom stereocenters. The number of hydrogen-bond acceptors (Lipinski definition) is 2. The minimum Gasteiger partial charge on any atom is -0.455 e. The fourth-order valence-electron chi connectivity index (χ4n) is 6.85. The van der Waals surface area contributed by atoms with E-state index < -0.39 is 54.4 Å². The van der Waals surface area contributed by atoms with Crippen molar-refractivity contribution in [3.05, 3.63) is 176 Å². The summed E-state index contributed by atoms with van der Waals surface area (Å²) in [5.41, 5.74) is 1.02. The van der Waals surface area contributed by atoms with E-state index in [1.165, 1.54) is 4.90 Å². The highest BCUT2D eigenvalue weighted by atomic mass is 16.3. The quantitative estimate of drug-likeness (QED) is 0.182. The van der Waals surface area contributed by atoms with Crippen LogP contribution in [0, 0.1) is 0 Å². The number of furan rings is 1. The second-order valence-electron chi connectivity index (χ2n) is 11.6. The largest absolute Gasteiger partial charge is 0.455 e. The summed E-state index contributed by atoms with van der Waals surface area (Å²) in [6, 6.07) is 27.6. The van der Waals surface area contributed by atoms with Gasteiger partial charge in [-0.25, -0.2) is 0 Å². The number of nitrogens with zero attached hydrogens (tertiary/aromatic N) is 1. The molecule has 0 spiro atoms. The smallest absolute Gasteiger partial charge is 0.143 e. The lowest BCUT2D eigenvalue weighted by atomic mass is 9.93. The molecule has 0 fully saturated rings. The van der Waals surface area contributed by atoms with Crippen molar-refractivity contribution in [2.75, 3.05) is 4.90 Å². The normalized spacial score (nSPS) is 15.0. The molecular weight excluding hydrogens is 583 g/mol. The SMILES string of the molecule is [2H]c1c([2H])c(N(c2c([2H])c([2H])c([2H])c3c([2H])c([2H])c([2H])c([2H])c23)c2cccc3oc4c5ccccc5ccc4c23)c([2H])c([2H])c1-c1cc2ccccc2c2ccccc12. The van der Waals surface area contributed by atoms with Crippen molar-refractivity contribution in [3.63, 3.8) is 0 Å². The van der Waals surface area contributed by atoms with Crippen molar-refractivity contribution in [1.82, 2.24) is 0 Å². The predicted octanol–water partition coefficient (Wildman–Crippen LogP) is 13.3. The van der Waals surface area contributed by atoms with Gasteiger partial charge in [-0.3, -0.25) is 0 Å². The Morgan fingerprint density at radius 3 is 2.06 bits per heavy atom. The maximum Gasteiger partial charge on any atom is 0.143 e. The molecular formula is C46H29NO. The second-order valence-corrected chi connectivity index (χ2v) is 11.6. The molecule has 0 aliphatic rings. The van der Waals surface area contributed by atoms with Crippen LogP contribution in [-0.2, 0) is 0 Å². The lowest BCUT2D eigenvalue weighted by Crippen LogP contribution is -2.10. The molecule has 0 bridgehead atoms. The van der Waals surface area contributed by atoms with Crippen molar-refractivity contribution in [1.29, 1.82) is 0 Å².